The quantitative estimate of drug-likeness (QED) is 0.912. The summed E-state index contributed by atoms with van der Waals surface area (Å²) in [5, 5.41) is 7.40. The molecule has 5 heteroatoms. The first-order valence-electron chi connectivity index (χ1n) is 6.89. The minimum Gasteiger partial charge on any atom is -0.370 e. The van der Waals surface area contributed by atoms with Crippen molar-refractivity contribution in [3.8, 4) is 0 Å². The number of hydrogen-bond donors (Lipinski definition) is 1. The molecule has 19 heavy (non-hydrogen) atoms. The van der Waals surface area contributed by atoms with Crippen LogP contribution < -0.4 is 5.32 Å². The molecule has 0 aromatic carbocycles. The lowest BCUT2D eigenvalue weighted by Crippen LogP contribution is -2.52. The van der Waals surface area contributed by atoms with Crippen molar-refractivity contribution in [3.05, 3.63) is 22.4 Å². The Morgan fingerprint density at radius 3 is 3.05 bits per heavy atom. The summed E-state index contributed by atoms with van der Waals surface area (Å²) >= 11 is 1.68. The van der Waals surface area contributed by atoms with Gasteiger partial charge in [-0.15, -0.1) is 0 Å². The van der Waals surface area contributed by atoms with E-state index in [9.17, 15) is 4.79 Å². The van der Waals surface area contributed by atoms with E-state index in [1.165, 1.54) is 5.56 Å². The molecule has 2 atom stereocenters. The number of nitrogens with zero attached hydrogens (tertiary/aromatic N) is 1. The Bertz CT molecular complexity index is 431. The average Bonchev–Trinajstić information content (AvgIpc) is 2.90. The molecule has 1 N–H and O–H groups in total. The largest absolute Gasteiger partial charge is 0.370 e. The molecule has 0 aliphatic carbocycles. The molecule has 2 aliphatic heterocycles. The van der Waals surface area contributed by atoms with E-state index >= 15 is 0 Å². The standard InChI is InChI=1S/C14H20N2O2S/c1-10(12-6-15-7-12)14(17)16-3-4-18-13(8-16)11-2-5-19-9-11/h2,5,9-10,12-13,15H,3-4,6-8H2,1H3. The second-order valence-corrected chi connectivity index (χ2v) is 6.19. The summed E-state index contributed by atoms with van der Waals surface area (Å²) in [7, 11) is 0. The normalized spacial score (nSPS) is 25.9. The predicted molar refractivity (Wildman–Crippen MR) is 75.1 cm³/mol. The zero-order chi connectivity index (χ0) is 13.2. The van der Waals surface area contributed by atoms with Gasteiger partial charge < -0.3 is 15.0 Å². The lowest BCUT2D eigenvalue weighted by atomic mass is 9.87. The van der Waals surface area contributed by atoms with Gasteiger partial charge >= 0.3 is 0 Å². The first-order chi connectivity index (χ1) is 9.25. The fourth-order valence-corrected chi connectivity index (χ4v) is 3.37. The van der Waals surface area contributed by atoms with Crippen LogP contribution in [0.25, 0.3) is 0 Å². The number of carbonyl (C=O) groups excluding carboxylic acids is 1. The van der Waals surface area contributed by atoms with Gasteiger partial charge in [0.2, 0.25) is 5.91 Å². The lowest BCUT2D eigenvalue weighted by molar-refractivity contribution is -0.145. The maximum absolute atomic E-state index is 12.5. The molecule has 1 aromatic rings. The van der Waals surface area contributed by atoms with E-state index in [1.807, 2.05) is 4.90 Å². The number of rotatable bonds is 3. The fraction of sp³-hybridized carbons (Fsp3) is 0.643. The molecule has 0 radical (unpaired) electrons. The van der Waals surface area contributed by atoms with Crippen molar-refractivity contribution in [2.75, 3.05) is 32.8 Å². The highest BCUT2D eigenvalue weighted by molar-refractivity contribution is 7.07. The third-order valence-electron chi connectivity index (χ3n) is 4.20. The van der Waals surface area contributed by atoms with Crippen LogP contribution in [0, 0.1) is 11.8 Å². The van der Waals surface area contributed by atoms with Crippen LogP contribution in [0.1, 0.15) is 18.6 Å². The minimum atomic E-state index is 0.0515. The second-order valence-electron chi connectivity index (χ2n) is 5.41. The first kappa shape index (κ1) is 13.1. The third kappa shape index (κ3) is 2.68. The monoisotopic (exact) mass is 280 g/mol. The van der Waals surface area contributed by atoms with Crippen molar-refractivity contribution >= 4 is 17.2 Å². The SMILES string of the molecule is CC(C(=O)N1CCOC(c2ccsc2)C1)C1CNC1. The highest BCUT2D eigenvalue weighted by Gasteiger charge is 2.34. The van der Waals surface area contributed by atoms with Crippen LogP contribution in [0.4, 0.5) is 0 Å². The van der Waals surface area contributed by atoms with Crippen molar-refractivity contribution in [2.24, 2.45) is 11.8 Å². The van der Waals surface area contributed by atoms with Gasteiger partial charge in [0.05, 0.1) is 13.2 Å². The van der Waals surface area contributed by atoms with Gasteiger partial charge in [-0.2, -0.15) is 11.3 Å². The third-order valence-corrected chi connectivity index (χ3v) is 4.90. The zero-order valence-corrected chi connectivity index (χ0v) is 12.0. The van der Waals surface area contributed by atoms with E-state index in [4.69, 9.17) is 4.74 Å². The molecule has 0 bridgehead atoms. The molecule has 4 nitrogen and oxygen atoms in total. The molecule has 2 saturated heterocycles. The van der Waals surface area contributed by atoms with Crippen LogP contribution in [-0.2, 0) is 9.53 Å². The summed E-state index contributed by atoms with van der Waals surface area (Å²) in [6, 6.07) is 2.09. The van der Waals surface area contributed by atoms with Crippen molar-refractivity contribution in [1.82, 2.24) is 10.2 Å². The molecular weight excluding hydrogens is 260 g/mol. The number of hydrogen-bond acceptors (Lipinski definition) is 4. The lowest BCUT2D eigenvalue weighted by Gasteiger charge is -2.38. The summed E-state index contributed by atoms with van der Waals surface area (Å²) < 4.78 is 5.78. The Hall–Kier alpha value is -0.910. The molecule has 3 rings (SSSR count). The first-order valence-corrected chi connectivity index (χ1v) is 7.83. The van der Waals surface area contributed by atoms with Crippen molar-refractivity contribution in [1.29, 1.82) is 0 Å². The van der Waals surface area contributed by atoms with Crippen LogP contribution in [0.15, 0.2) is 16.8 Å². The Labute approximate surface area is 117 Å². The highest BCUT2D eigenvalue weighted by atomic mass is 32.1. The Balaban J connectivity index is 1.62. The van der Waals surface area contributed by atoms with E-state index in [0.717, 1.165) is 19.6 Å². The molecule has 2 aliphatic rings. The van der Waals surface area contributed by atoms with Gasteiger partial charge in [0, 0.05) is 12.5 Å². The molecule has 104 valence electrons. The van der Waals surface area contributed by atoms with E-state index in [0.29, 0.717) is 19.1 Å². The van der Waals surface area contributed by atoms with Crippen molar-refractivity contribution in [3.63, 3.8) is 0 Å². The summed E-state index contributed by atoms with van der Waals surface area (Å²) in [5.74, 6) is 0.924. The van der Waals surface area contributed by atoms with Gasteiger partial charge in [0.15, 0.2) is 0 Å². The van der Waals surface area contributed by atoms with Gasteiger partial charge in [-0.1, -0.05) is 6.92 Å². The van der Waals surface area contributed by atoms with E-state index in [1.54, 1.807) is 11.3 Å². The number of morpholine rings is 1. The summed E-state index contributed by atoms with van der Waals surface area (Å²) in [6.07, 6.45) is 0.0515. The van der Waals surface area contributed by atoms with Crippen LogP contribution >= 0.6 is 11.3 Å². The van der Waals surface area contributed by atoms with E-state index in [2.05, 4.69) is 29.1 Å². The Morgan fingerprint density at radius 1 is 1.58 bits per heavy atom. The van der Waals surface area contributed by atoms with Crippen LogP contribution in [-0.4, -0.2) is 43.6 Å². The van der Waals surface area contributed by atoms with E-state index in [-0.39, 0.29) is 17.9 Å². The van der Waals surface area contributed by atoms with Gasteiger partial charge in [-0.25, -0.2) is 0 Å². The van der Waals surface area contributed by atoms with Gasteiger partial charge in [-0.3, -0.25) is 4.79 Å². The summed E-state index contributed by atoms with van der Waals surface area (Å²) in [5.41, 5.74) is 1.19. The topological polar surface area (TPSA) is 41.6 Å². The maximum Gasteiger partial charge on any atom is 0.225 e. The number of carbonyl (C=O) groups is 1. The van der Waals surface area contributed by atoms with Crippen LogP contribution in [0.3, 0.4) is 0 Å². The molecule has 1 aromatic heterocycles. The maximum atomic E-state index is 12.5. The fourth-order valence-electron chi connectivity index (χ4n) is 2.66. The number of amides is 1. The molecule has 1 amide bonds. The number of ether oxygens (including phenoxy) is 1. The summed E-state index contributed by atoms with van der Waals surface area (Å²) in [4.78, 5) is 14.5. The molecule has 2 fully saturated rings. The predicted octanol–water partition coefficient (Wildman–Crippen LogP) is 1.50. The zero-order valence-electron chi connectivity index (χ0n) is 11.2. The van der Waals surface area contributed by atoms with Crippen molar-refractivity contribution in [2.45, 2.75) is 13.0 Å². The van der Waals surface area contributed by atoms with Crippen LogP contribution in [0.5, 0.6) is 0 Å². The van der Waals surface area contributed by atoms with Gasteiger partial charge in [0.25, 0.3) is 0 Å². The molecule has 3 heterocycles. The second kappa shape index (κ2) is 5.61. The molecule has 0 saturated carbocycles. The van der Waals surface area contributed by atoms with E-state index < -0.39 is 0 Å². The smallest absolute Gasteiger partial charge is 0.225 e. The Kier molecular flexibility index (Phi) is 3.86. The van der Waals surface area contributed by atoms with Gasteiger partial charge in [-0.05, 0) is 41.4 Å². The summed E-state index contributed by atoms with van der Waals surface area (Å²) in [6.45, 7) is 6.07. The van der Waals surface area contributed by atoms with Crippen LogP contribution in [0.2, 0.25) is 0 Å². The van der Waals surface area contributed by atoms with Crippen molar-refractivity contribution < 1.29 is 9.53 Å². The molecular formula is C14H20N2O2S. The van der Waals surface area contributed by atoms with Gasteiger partial charge in [0.1, 0.15) is 6.10 Å². The highest BCUT2D eigenvalue weighted by Crippen LogP contribution is 2.26. The average molecular weight is 280 g/mol. The Morgan fingerprint density at radius 2 is 2.42 bits per heavy atom. The number of thiophene rings is 1. The number of nitrogens with one attached hydrogen (secondary N) is 1. The molecule has 2 unspecified atom stereocenters. The molecule has 0 spiro atoms. The minimum absolute atomic E-state index is 0.0515.